The van der Waals surface area contributed by atoms with E-state index in [4.69, 9.17) is 5.73 Å². The lowest BCUT2D eigenvalue weighted by molar-refractivity contribution is -0.124. The zero-order valence-corrected chi connectivity index (χ0v) is 13.2. The van der Waals surface area contributed by atoms with Crippen LogP contribution in [0.2, 0.25) is 0 Å². The zero-order valence-electron chi connectivity index (χ0n) is 13.2. The molecule has 1 amide bonds. The van der Waals surface area contributed by atoms with Gasteiger partial charge in [-0.2, -0.15) is 0 Å². The number of primary amides is 1. The highest BCUT2D eigenvalue weighted by Crippen LogP contribution is 2.48. The van der Waals surface area contributed by atoms with Gasteiger partial charge in [0.2, 0.25) is 5.91 Å². The summed E-state index contributed by atoms with van der Waals surface area (Å²) in [5, 5.41) is 0.449. The van der Waals surface area contributed by atoms with Crippen LogP contribution in [0.1, 0.15) is 24.3 Å². The second-order valence-corrected chi connectivity index (χ2v) is 6.50. The van der Waals surface area contributed by atoms with Crippen LogP contribution in [0.25, 0.3) is 22.2 Å². The van der Waals surface area contributed by atoms with Crippen LogP contribution < -0.4 is 5.73 Å². The Morgan fingerprint density at radius 2 is 1.72 bits per heavy atom. The molecule has 0 bridgehead atoms. The van der Waals surface area contributed by atoms with Crippen LogP contribution in [0.5, 0.6) is 0 Å². The van der Waals surface area contributed by atoms with Crippen LogP contribution in [0.3, 0.4) is 0 Å². The number of hydrogen-bond acceptors (Lipinski definition) is 1. The average molecular weight is 344 g/mol. The molecule has 6 heteroatoms. The van der Waals surface area contributed by atoms with Crippen molar-refractivity contribution in [3.63, 3.8) is 0 Å². The lowest BCUT2D eigenvalue weighted by atomic mass is 9.70. The first kappa shape index (κ1) is 15.7. The van der Waals surface area contributed by atoms with Gasteiger partial charge in [-0.1, -0.05) is 0 Å². The minimum Gasteiger partial charge on any atom is -0.369 e. The van der Waals surface area contributed by atoms with Crippen molar-refractivity contribution < 1.29 is 18.0 Å². The summed E-state index contributed by atoms with van der Waals surface area (Å²) < 4.78 is 41.2. The predicted octanol–water partition coefficient (Wildman–Crippen LogP) is 4.23. The molecular formula is C19H15F3N2O. The number of hydrogen-bond donors (Lipinski definition) is 2. The van der Waals surface area contributed by atoms with E-state index in [1.54, 1.807) is 12.1 Å². The number of halogens is 3. The number of nitrogens with one attached hydrogen (secondary N) is 1. The van der Waals surface area contributed by atoms with Crippen molar-refractivity contribution in [1.82, 2.24) is 4.98 Å². The molecular weight excluding hydrogens is 329 g/mol. The Morgan fingerprint density at radius 1 is 1.04 bits per heavy atom. The van der Waals surface area contributed by atoms with E-state index >= 15 is 0 Å². The number of carbonyl (C=O) groups is 1. The van der Waals surface area contributed by atoms with Gasteiger partial charge in [-0.3, -0.25) is 4.79 Å². The molecule has 1 fully saturated rings. The molecule has 1 saturated carbocycles. The van der Waals surface area contributed by atoms with E-state index in [1.807, 2.05) is 0 Å². The van der Waals surface area contributed by atoms with Gasteiger partial charge in [-0.25, -0.2) is 13.2 Å². The summed E-state index contributed by atoms with van der Waals surface area (Å²) in [6.07, 6.45) is 1.07. The summed E-state index contributed by atoms with van der Waals surface area (Å²) in [5.41, 5.74) is 7.58. The van der Waals surface area contributed by atoms with Crippen molar-refractivity contribution in [3.05, 3.63) is 59.4 Å². The molecule has 0 aliphatic heterocycles. The first-order chi connectivity index (χ1) is 11.9. The van der Waals surface area contributed by atoms with Crippen molar-refractivity contribution in [1.29, 1.82) is 0 Å². The molecule has 0 radical (unpaired) electrons. The molecule has 2 aromatic carbocycles. The molecule has 128 valence electrons. The van der Waals surface area contributed by atoms with Gasteiger partial charge in [0, 0.05) is 17.4 Å². The molecule has 1 aromatic heterocycles. The van der Waals surface area contributed by atoms with E-state index in [0.717, 1.165) is 11.6 Å². The molecule has 1 aliphatic rings. The lowest BCUT2D eigenvalue weighted by Gasteiger charge is -2.33. The maximum atomic E-state index is 14.2. The Morgan fingerprint density at radius 3 is 2.36 bits per heavy atom. The third kappa shape index (κ3) is 2.58. The Bertz CT molecular complexity index is 972. The molecule has 4 rings (SSSR count). The average Bonchev–Trinajstić information content (AvgIpc) is 2.86. The molecule has 25 heavy (non-hydrogen) atoms. The summed E-state index contributed by atoms with van der Waals surface area (Å²) in [5.74, 6) is -2.35. The number of nitrogens with two attached hydrogens (primary N) is 1. The van der Waals surface area contributed by atoms with Crippen LogP contribution >= 0.6 is 0 Å². The largest absolute Gasteiger partial charge is 0.369 e. The first-order valence-corrected chi connectivity index (χ1v) is 8.00. The van der Waals surface area contributed by atoms with E-state index in [2.05, 4.69) is 4.98 Å². The Hall–Kier alpha value is -2.76. The highest BCUT2D eigenvalue weighted by Gasteiger charge is 2.37. The van der Waals surface area contributed by atoms with E-state index < -0.39 is 11.6 Å². The molecule has 0 atom stereocenters. The second-order valence-electron chi connectivity index (χ2n) is 6.50. The van der Waals surface area contributed by atoms with Gasteiger partial charge in [0.1, 0.15) is 17.5 Å². The number of rotatable bonds is 3. The number of fused-ring (bicyclic) bond motifs is 1. The van der Waals surface area contributed by atoms with Crippen molar-refractivity contribution >= 4 is 16.8 Å². The summed E-state index contributed by atoms with van der Waals surface area (Å²) >= 11 is 0. The van der Waals surface area contributed by atoms with Crippen molar-refractivity contribution in [2.75, 3.05) is 0 Å². The number of H-pyrrole nitrogens is 1. The van der Waals surface area contributed by atoms with E-state index in [1.165, 1.54) is 18.2 Å². The fraction of sp³-hybridized carbons (Fsp3) is 0.211. The van der Waals surface area contributed by atoms with Crippen molar-refractivity contribution in [2.24, 2.45) is 11.7 Å². The molecule has 0 spiro atoms. The predicted molar refractivity (Wildman–Crippen MR) is 88.3 cm³/mol. The van der Waals surface area contributed by atoms with Gasteiger partial charge in [0.25, 0.3) is 0 Å². The molecule has 3 nitrogen and oxygen atoms in total. The highest BCUT2D eigenvalue weighted by molar-refractivity contribution is 5.92. The quantitative estimate of drug-likeness (QED) is 0.734. The van der Waals surface area contributed by atoms with Crippen molar-refractivity contribution in [2.45, 2.75) is 18.8 Å². The maximum Gasteiger partial charge on any atom is 0.220 e. The number of aromatic nitrogens is 1. The summed E-state index contributed by atoms with van der Waals surface area (Å²) in [6, 6.07) is 7.91. The van der Waals surface area contributed by atoms with Crippen LogP contribution in [-0.4, -0.2) is 10.9 Å². The maximum absolute atomic E-state index is 14.2. The Kier molecular flexibility index (Phi) is 3.56. The lowest BCUT2D eigenvalue weighted by Crippen LogP contribution is -2.34. The van der Waals surface area contributed by atoms with Gasteiger partial charge in [-0.05, 0) is 60.2 Å². The number of benzene rings is 2. The summed E-state index contributed by atoms with van der Waals surface area (Å²) in [6.45, 7) is 0. The molecule has 0 saturated heterocycles. The van der Waals surface area contributed by atoms with Gasteiger partial charge < -0.3 is 10.7 Å². The topological polar surface area (TPSA) is 58.9 Å². The third-order valence-corrected chi connectivity index (χ3v) is 4.95. The van der Waals surface area contributed by atoms with Crippen LogP contribution in [0.15, 0.2) is 36.4 Å². The zero-order chi connectivity index (χ0) is 17.7. The molecule has 3 aromatic rings. The van der Waals surface area contributed by atoms with Crippen LogP contribution in [-0.2, 0) is 4.79 Å². The minimum atomic E-state index is -0.685. The van der Waals surface area contributed by atoms with Gasteiger partial charge in [0.05, 0.1) is 11.2 Å². The molecule has 3 N–H and O–H groups in total. The normalized spacial score (nSPS) is 19.8. The number of carbonyl (C=O) groups excluding carboxylic acids is 1. The third-order valence-electron chi connectivity index (χ3n) is 4.95. The van der Waals surface area contributed by atoms with Gasteiger partial charge >= 0.3 is 0 Å². The monoisotopic (exact) mass is 344 g/mol. The summed E-state index contributed by atoms with van der Waals surface area (Å²) in [7, 11) is 0. The first-order valence-electron chi connectivity index (χ1n) is 8.00. The molecule has 1 heterocycles. The van der Waals surface area contributed by atoms with Crippen molar-refractivity contribution in [3.8, 4) is 11.3 Å². The van der Waals surface area contributed by atoms with E-state index in [-0.39, 0.29) is 29.1 Å². The Labute approximate surface area is 141 Å². The summed E-state index contributed by atoms with van der Waals surface area (Å²) in [4.78, 5) is 14.3. The smallest absolute Gasteiger partial charge is 0.220 e. The molecule has 0 unspecified atom stereocenters. The van der Waals surface area contributed by atoms with E-state index in [9.17, 15) is 18.0 Å². The second kappa shape index (κ2) is 5.65. The molecule has 1 aliphatic carbocycles. The van der Waals surface area contributed by atoms with Crippen LogP contribution in [0.4, 0.5) is 13.2 Å². The highest BCUT2D eigenvalue weighted by atomic mass is 19.1. The van der Waals surface area contributed by atoms with Crippen LogP contribution in [0, 0.1) is 23.4 Å². The number of amides is 1. The standard InChI is InChI=1S/C19H15F3N2O/c20-12-3-1-9(2-4-12)17-16(10-5-11(6-10)19(23)25)14-7-13(21)8-15(22)18(14)24-17/h1-4,7-8,10-11,24H,5-6H2,(H2,23,25)/t10-,11-. The fourth-order valence-electron chi connectivity index (χ4n) is 3.59. The van der Waals surface area contributed by atoms with Gasteiger partial charge in [0.15, 0.2) is 0 Å². The minimum absolute atomic E-state index is 0.0347. The fourth-order valence-corrected chi connectivity index (χ4v) is 3.59. The van der Waals surface area contributed by atoms with E-state index in [0.29, 0.717) is 29.5 Å². The SMILES string of the molecule is NC(=O)[C@H]1C[C@H](c2c(-c3ccc(F)cc3)[nH]c3c(F)cc(F)cc32)C1. The van der Waals surface area contributed by atoms with Gasteiger partial charge in [-0.15, -0.1) is 0 Å². The number of aromatic amines is 1. The Balaban J connectivity index is 1.89.